The van der Waals surface area contributed by atoms with Gasteiger partial charge in [-0.05, 0) is 43.5 Å². The van der Waals surface area contributed by atoms with E-state index in [0.29, 0.717) is 5.75 Å². The molecular formula is C13H19NO3S. The van der Waals surface area contributed by atoms with Crippen molar-refractivity contribution in [2.24, 2.45) is 0 Å². The Morgan fingerprint density at radius 1 is 1.28 bits per heavy atom. The first kappa shape index (κ1) is 13.4. The third-order valence-electron chi connectivity index (χ3n) is 3.25. The van der Waals surface area contributed by atoms with Crippen molar-refractivity contribution in [3.63, 3.8) is 0 Å². The number of aromatic hydroxyl groups is 1. The molecule has 2 rings (SSSR count). The topological polar surface area (TPSA) is 66.4 Å². The van der Waals surface area contributed by atoms with Crippen LogP contribution in [-0.2, 0) is 16.3 Å². The van der Waals surface area contributed by atoms with E-state index in [1.54, 1.807) is 12.1 Å². The van der Waals surface area contributed by atoms with Crippen LogP contribution in [0.15, 0.2) is 24.3 Å². The lowest BCUT2D eigenvalue weighted by atomic mass is 10.1. The third-order valence-corrected chi connectivity index (χ3v) is 5.07. The number of hydrogen-bond donors (Lipinski definition) is 2. The molecule has 1 fully saturated rings. The largest absolute Gasteiger partial charge is 0.508 e. The molecular weight excluding hydrogens is 250 g/mol. The van der Waals surface area contributed by atoms with Crippen LogP contribution >= 0.6 is 0 Å². The monoisotopic (exact) mass is 269 g/mol. The van der Waals surface area contributed by atoms with Gasteiger partial charge in [0, 0.05) is 6.04 Å². The summed E-state index contributed by atoms with van der Waals surface area (Å²) >= 11 is 0. The second kappa shape index (κ2) is 5.71. The first-order valence-electron chi connectivity index (χ1n) is 6.27. The van der Waals surface area contributed by atoms with Gasteiger partial charge >= 0.3 is 0 Å². The maximum atomic E-state index is 11.5. The SMILES string of the molecule is O=S1(=O)CCCC(NCCc2ccc(O)cc2)C1. The minimum absolute atomic E-state index is 0.0980. The molecule has 0 aliphatic carbocycles. The van der Waals surface area contributed by atoms with Crippen LogP contribution in [0.2, 0.25) is 0 Å². The van der Waals surface area contributed by atoms with Gasteiger partial charge in [-0.15, -0.1) is 0 Å². The Labute approximate surface area is 108 Å². The lowest BCUT2D eigenvalue weighted by Gasteiger charge is -2.23. The summed E-state index contributed by atoms with van der Waals surface area (Å²) in [5, 5.41) is 12.5. The molecule has 1 aromatic carbocycles. The van der Waals surface area contributed by atoms with Gasteiger partial charge in [0.2, 0.25) is 0 Å². The maximum Gasteiger partial charge on any atom is 0.151 e. The first-order valence-corrected chi connectivity index (χ1v) is 8.09. The van der Waals surface area contributed by atoms with Gasteiger partial charge in [0.25, 0.3) is 0 Å². The Bertz CT molecular complexity index is 481. The normalized spacial score (nSPS) is 22.8. The average Bonchev–Trinajstić information content (AvgIpc) is 2.30. The molecule has 0 saturated carbocycles. The van der Waals surface area contributed by atoms with E-state index in [2.05, 4.69) is 5.32 Å². The Morgan fingerprint density at radius 2 is 2.00 bits per heavy atom. The highest BCUT2D eigenvalue weighted by atomic mass is 32.2. The summed E-state index contributed by atoms with van der Waals surface area (Å²) in [7, 11) is -2.83. The van der Waals surface area contributed by atoms with Gasteiger partial charge in [0.1, 0.15) is 5.75 Å². The molecule has 0 radical (unpaired) electrons. The number of phenols is 1. The Kier molecular flexibility index (Phi) is 4.24. The van der Waals surface area contributed by atoms with Crippen LogP contribution in [-0.4, -0.2) is 37.6 Å². The molecule has 0 amide bonds. The number of rotatable bonds is 4. The maximum absolute atomic E-state index is 11.5. The van der Waals surface area contributed by atoms with Gasteiger partial charge in [-0.1, -0.05) is 12.1 Å². The fourth-order valence-electron chi connectivity index (χ4n) is 2.27. The fraction of sp³-hybridized carbons (Fsp3) is 0.538. The zero-order chi connectivity index (χ0) is 13.0. The lowest BCUT2D eigenvalue weighted by Crippen LogP contribution is -2.40. The summed E-state index contributed by atoms with van der Waals surface area (Å²) in [5.74, 6) is 0.871. The van der Waals surface area contributed by atoms with Crippen molar-refractivity contribution in [2.75, 3.05) is 18.1 Å². The molecule has 100 valence electrons. The highest BCUT2D eigenvalue weighted by Crippen LogP contribution is 2.13. The van der Waals surface area contributed by atoms with Gasteiger partial charge in [0.05, 0.1) is 11.5 Å². The minimum atomic E-state index is -2.83. The van der Waals surface area contributed by atoms with Gasteiger partial charge in [-0.2, -0.15) is 0 Å². The van der Waals surface area contributed by atoms with Crippen LogP contribution in [0.25, 0.3) is 0 Å². The van der Waals surface area contributed by atoms with Crippen LogP contribution in [0.4, 0.5) is 0 Å². The molecule has 5 heteroatoms. The summed E-state index contributed by atoms with van der Waals surface area (Å²) in [6, 6.07) is 7.20. The van der Waals surface area contributed by atoms with E-state index in [1.165, 1.54) is 0 Å². The summed E-state index contributed by atoms with van der Waals surface area (Å²) < 4.78 is 22.9. The van der Waals surface area contributed by atoms with Gasteiger partial charge in [-0.3, -0.25) is 0 Å². The van der Waals surface area contributed by atoms with Crippen LogP contribution in [0.3, 0.4) is 0 Å². The highest BCUT2D eigenvalue weighted by Gasteiger charge is 2.23. The van der Waals surface area contributed by atoms with Gasteiger partial charge in [0.15, 0.2) is 9.84 Å². The molecule has 1 saturated heterocycles. The van der Waals surface area contributed by atoms with Crippen molar-refractivity contribution in [3.8, 4) is 5.75 Å². The number of hydrogen-bond acceptors (Lipinski definition) is 4. The number of benzene rings is 1. The molecule has 2 N–H and O–H groups in total. The number of sulfone groups is 1. The van der Waals surface area contributed by atoms with E-state index >= 15 is 0 Å². The van der Waals surface area contributed by atoms with Crippen molar-refractivity contribution >= 4 is 9.84 Å². The molecule has 1 heterocycles. The summed E-state index contributed by atoms with van der Waals surface area (Å²) in [4.78, 5) is 0. The summed E-state index contributed by atoms with van der Waals surface area (Å²) in [6.07, 6.45) is 2.55. The molecule has 0 bridgehead atoms. The third kappa shape index (κ3) is 3.99. The standard InChI is InChI=1S/C13H19NO3S/c15-13-5-3-11(4-6-13)7-8-14-12-2-1-9-18(16,17)10-12/h3-6,12,14-15H,1-2,7-10H2. The van der Waals surface area contributed by atoms with E-state index < -0.39 is 9.84 Å². The summed E-state index contributed by atoms with van der Waals surface area (Å²) in [5.41, 5.74) is 1.14. The van der Waals surface area contributed by atoms with Crippen molar-refractivity contribution < 1.29 is 13.5 Å². The van der Waals surface area contributed by atoms with Gasteiger partial charge < -0.3 is 10.4 Å². The number of nitrogens with one attached hydrogen (secondary N) is 1. The molecule has 1 atom stereocenters. The van der Waals surface area contributed by atoms with Crippen LogP contribution in [0.5, 0.6) is 5.75 Å². The zero-order valence-corrected chi connectivity index (χ0v) is 11.1. The second-order valence-corrected chi connectivity index (χ2v) is 7.05. The fourth-order valence-corrected chi connectivity index (χ4v) is 3.94. The Morgan fingerprint density at radius 3 is 2.67 bits per heavy atom. The van der Waals surface area contributed by atoms with Gasteiger partial charge in [-0.25, -0.2) is 8.42 Å². The number of phenolic OH excluding ortho intramolecular Hbond substituents is 1. The molecule has 1 aliphatic rings. The molecule has 0 aromatic heterocycles. The predicted octanol–water partition coefficient (Wildman–Crippen LogP) is 1.10. The molecule has 4 nitrogen and oxygen atoms in total. The van der Waals surface area contributed by atoms with E-state index in [-0.39, 0.29) is 17.5 Å². The smallest absolute Gasteiger partial charge is 0.151 e. The molecule has 1 aliphatic heterocycles. The minimum Gasteiger partial charge on any atom is -0.508 e. The molecule has 0 spiro atoms. The van der Waals surface area contributed by atoms with Crippen molar-refractivity contribution in [1.82, 2.24) is 5.32 Å². The Balaban J connectivity index is 1.77. The highest BCUT2D eigenvalue weighted by molar-refractivity contribution is 7.91. The Hall–Kier alpha value is -1.07. The lowest BCUT2D eigenvalue weighted by molar-refractivity contribution is 0.474. The van der Waals surface area contributed by atoms with Crippen LogP contribution in [0, 0.1) is 0 Å². The van der Waals surface area contributed by atoms with Crippen molar-refractivity contribution in [3.05, 3.63) is 29.8 Å². The second-order valence-electron chi connectivity index (χ2n) is 4.82. The van der Waals surface area contributed by atoms with Crippen LogP contribution in [0.1, 0.15) is 18.4 Å². The molecule has 1 unspecified atom stereocenters. The molecule has 18 heavy (non-hydrogen) atoms. The van der Waals surface area contributed by atoms with E-state index in [9.17, 15) is 8.42 Å². The van der Waals surface area contributed by atoms with Crippen LogP contribution < -0.4 is 5.32 Å². The molecule has 1 aromatic rings. The average molecular weight is 269 g/mol. The predicted molar refractivity (Wildman–Crippen MR) is 71.5 cm³/mol. The summed E-state index contributed by atoms with van der Waals surface area (Å²) in [6.45, 7) is 0.769. The van der Waals surface area contributed by atoms with E-state index in [1.807, 2.05) is 12.1 Å². The van der Waals surface area contributed by atoms with Crippen molar-refractivity contribution in [2.45, 2.75) is 25.3 Å². The first-order chi connectivity index (χ1) is 8.55. The van der Waals surface area contributed by atoms with E-state index in [4.69, 9.17) is 5.11 Å². The zero-order valence-electron chi connectivity index (χ0n) is 10.3. The van der Waals surface area contributed by atoms with Crippen molar-refractivity contribution in [1.29, 1.82) is 0 Å². The quantitative estimate of drug-likeness (QED) is 0.859. The van der Waals surface area contributed by atoms with E-state index in [0.717, 1.165) is 31.4 Å².